The molecule has 1 N–H and O–H groups in total. The van der Waals surface area contributed by atoms with E-state index in [1.165, 1.54) is 10.7 Å². The highest BCUT2D eigenvalue weighted by molar-refractivity contribution is 5.75. The van der Waals surface area contributed by atoms with Crippen molar-refractivity contribution in [2.24, 2.45) is 0 Å². The molecule has 0 saturated heterocycles. The second-order valence-corrected chi connectivity index (χ2v) is 4.72. The molecule has 0 atom stereocenters. The average molecular weight is 264 g/mol. The first-order valence-electron chi connectivity index (χ1n) is 6.75. The van der Waals surface area contributed by atoms with Crippen LogP contribution < -0.4 is 10.9 Å². The molecule has 2 rings (SSSR count). The number of carbonyl (C=O) groups is 1. The van der Waals surface area contributed by atoms with Crippen LogP contribution in [-0.2, 0) is 11.3 Å². The van der Waals surface area contributed by atoms with Gasteiger partial charge in [-0.05, 0) is 26.7 Å². The molecule has 0 radical (unpaired) electrons. The molecule has 1 aliphatic carbocycles. The van der Waals surface area contributed by atoms with E-state index >= 15 is 0 Å². The van der Waals surface area contributed by atoms with E-state index in [9.17, 15) is 9.59 Å². The second kappa shape index (κ2) is 5.86. The Morgan fingerprint density at radius 1 is 1.47 bits per heavy atom. The van der Waals surface area contributed by atoms with Gasteiger partial charge in [-0.15, -0.1) is 0 Å². The van der Waals surface area contributed by atoms with Crippen LogP contribution in [0.1, 0.15) is 26.7 Å². The summed E-state index contributed by atoms with van der Waals surface area (Å²) in [6, 6.07) is 1.98. The third-order valence-electron chi connectivity index (χ3n) is 3.22. The average Bonchev–Trinajstić information content (AvgIpc) is 3.18. The Balaban J connectivity index is 2.03. The minimum absolute atomic E-state index is 0.00419. The number of hydrogen-bond acceptors (Lipinski definition) is 4. The summed E-state index contributed by atoms with van der Waals surface area (Å²) >= 11 is 0. The number of nitrogens with zero attached hydrogens (tertiary/aromatic N) is 3. The van der Waals surface area contributed by atoms with Crippen molar-refractivity contribution in [3.05, 3.63) is 22.6 Å². The van der Waals surface area contributed by atoms with Crippen molar-refractivity contribution in [2.45, 2.75) is 39.3 Å². The maximum absolute atomic E-state index is 11.9. The summed E-state index contributed by atoms with van der Waals surface area (Å²) in [5, 5.41) is 7.26. The Labute approximate surface area is 112 Å². The SMILES string of the molecule is CCN(CC)C(=O)Cn1ncc(NC2CC2)cc1=O. The molecule has 6 heteroatoms. The van der Waals surface area contributed by atoms with Crippen LogP contribution in [0.5, 0.6) is 0 Å². The third kappa shape index (κ3) is 3.56. The van der Waals surface area contributed by atoms with E-state index in [2.05, 4.69) is 10.4 Å². The zero-order valence-corrected chi connectivity index (χ0v) is 11.4. The van der Waals surface area contributed by atoms with Crippen LogP contribution in [0.4, 0.5) is 5.69 Å². The molecular weight excluding hydrogens is 244 g/mol. The van der Waals surface area contributed by atoms with Gasteiger partial charge >= 0.3 is 0 Å². The maximum atomic E-state index is 11.9. The van der Waals surface area contributed by atoms with Gasteiger partial charge in [0.15, 0.2) is 0 Å². The molecule has 104 valence electrons. The van der Waals surface area contributed by atoms with Crippen molar-refractivity contribution in [3.8, 4) is 0 Å². The fraction of sp³-hybridized carbons (Fsp3) is 0.615. The molecule has 0 bridgehead atoms. The first-order chi connectivity index (χ1) is 9.13. The van der Waals surface area contributed by atoms with Gasteiger partial charge < -0.3 is 10.2 Å². The molecule has 1 fully saturated rings. The summed E-state index contributed by atoms with van der Waals surface area (Å²) in [7, 11) is 0. The first-order valence-corrected chi connectivity index (χ1v) is 6.75. The number of amides is 1. The Kier molecular flexibility index (Phi) is 4.19. The lowest BCUT2D eigenvalue weighted by Gasteiger charge is -2.18. The van der Waals surface area contributed by atoms with E-state index in [0.29, 0.717) is 19.1 Å². The fourth-order valence-electron chi connectivity index (χ4n) is 1.90. The molecule has 0 spiro atoms. The largest absolute Gasteiger partial charge is 0.381 e. The number of hydrogen-bond donors (Lipinski definition) is 1. The standard InChI is InChI=1S/C13H20N4O2/c1-3-16(4-2)13(19)9-17-12(18)7-11(8-14-17)15-10-5-6-10/h7-8,10,15H,3-6,9H2,1-2H3. The predicted octanol–water partition coefficient (Wildman–Crippen LogP) is 0.686. The smallest absolute Gasteiger partial charge is 0.269 e. The van der Waals surface area contributed by atoms with E-state index in [1.807, 2.05) is 13.8 Å². The first kappa shape index (κ1) is 13.6. The minimum Gasteiger partial charge on any atom is -0.381 e. The number of likely N-dealkylation sites (N-methyl/N-ethyl adjacent to an activating group) is 1. The molecule has 1 amide bonds. The van der Waals surface area contributed by atoms with Gasteiger partial charge in [0.25, 0.3) is 5.56 Å². The van der Waals surface area contributed by atoms with Crippen molar-refractivity contribution in [1.29, 1.82) is 0 Å². The lowest BCUT2D eigenvalue weighted by Crippen LogP contribution is -2.37. The van der Waals surface area contributed by atoms with Crippen molar-refractivity contribution in [2.75, 3.05) is 18.4 Å². The van der Waals surface area contributed by atoms with Gasteiger partial charge in [0.2, 0.25) is 5.91 Å². The fourth-order valence-corrected chi connectivity index (χ4v) is 1.90. The van der Waals surface area contributed by atoms with E-state index in [0.717, 1.165) is 18.5 Å². The molecule has 0 aliphatic heterocycles. The minimum atomic E-state index is -0.244. The number of aromatic nitrogens is 2. The highest BCUT2D eigenvalue weighted by Gasteiger charge is 2.21. The van der Waals surface area contributed by atoms with Crippen LogP contribution in [0.25, 0.3) is 0 Å². The number of nitrogens with one attached hydrogen (secondary N) is 1. The number of carbonyl (C=O) groups excluding carboxylic acids is 1. The van der Waals surface area contributed by atoms with Crippen LogP contribution in [0.3, 0.4) is 0 Å². The van der Waals surface area contributed by atoms with Gasteiger partial charge in [0, 0.05) is 25.2 Å². The van der Waals surface area contributed by atoms with Crippen molar-refractivity contribution < 1.29 is 4.79 Å². The number of anilines is 1. The Morgan fingerprint density at radius 2 is 2.16 bits per heavy atom. The summed E-state index contributed by atoms with van der Waals surface area (Å²) in [6.07, 6.45) is 3.89. The molecule has 0 unspecified atom stereocenters. The summed E-state index contributed by atoms with van der Waals surface area (Å²) in [5.41, 5.74) is 0.491. The normalized spacial score (nSPS) is 14.2. The Hall–Kier alpha value is -1.85. The van der Waals surface area contributed by atoms with Gasteiger partial charge in [-0.1, -0.05) is 0 Å². The van der Waals surface area contributed by atoms with Crippen molar-refractivity contribution in [1.82, 2.24) is 14.7 Å². The van der Waals surface area contributed by atoms with E-state index in [-0.39, 0.29) is 18.0 Å². The summed E-state index contributed by atoms with van der Waals surface area (Å²) in [5.74, 6) is -0.0810. The highest BCUT2D eigenvalue weighted by Crippen LogP contribution is 2.23. The van der Waals surface area contributed by atoms with E-state index in [4.69, 9.17) is 0 Å². The van der Waals surface area contributed by atoms with Crippen LogP contribution in [0, 0.1) is 0 Å². The summed E-state index contributed by atoms with van der Waals surface area (Å²) < 4.78 is 1.21. The van der Waals surface area contributed by atoms with Gasteiger partial charge in [0.05, 0.1) is 11.9 Å². The predicted molar refractivity (Wildman–Crippen MR) is 73.1 cm³/mol. The molecule has 1 heterocycles. The van der Waals surface area contributed by atoms with Gasteiger partial charge in [-0.3, -0.25) is 9.59 Å². The van der Waals surface area contributed by atoms with Gasteiger partial charge in [-0.2, -0.15) is 5.10 Å². The molecule has 1 saturated carbocycles. The third-order valence-corrected chi connectivity index (χ3v) is 3.22. The monoisotopic (exact) mass is 264 g/mol. The van der Waals surface area contributed by atoms with E-state index in [1.54, 1.807) is 11.1 Å². The second-order valence-electron chi connectivity index (χ2n) is 4.72. The molecule has 0 aromatic carbocycles. The summed E-state index contributed by atoms with van der Waals surface area (Å²) in [6.45, 7) is 5.13. The van der Waals surface area contributed by atoms with E-state index < -0.39 is 0 Å². The zero-order chi connectivity index (χ0) is 13.8. The molecule has 19 heavy (non-hydrogen) atoms. The van der Waals surface area contributed by atoms with Crippen molar-refractivity contribution in [3.63, 3.8) is 0 Å². The Bertz CT molecular complexity index is 504. The quantitative estimate of drug-likeness (QED) is 0.820. The zero-order valence-electron chi connectivity index (χ0n) is 11.4. The molecular formula is C13H20N4O2. The molecule has 6 nitrogen and oxygen atoms in total. The van der Waals surface area contributed by atoms with Crippen molar-refractivity contribution >= 4 is 11.6 Å². The molecule has 1 aliphatic rings. The molecule has 1 aromatic rings. The van der Waals surface area contributed by atoms with Crippen LogP contribution >= 0.6 is 0 Å². The highest BCUT2D eigenvalue weighted by atomic mass is 16.2. The maximum Gasteiger partial charge on any atom is 0.269 e. The van der Waals surface area contributed by atoms with Crippen LogP contribution in [-0.4, -0.2) is 39.7 Å². The number of rotatable bonds is 6. The lowest BCUT2D eigenvalue weighted by atomic mass is 10.4. The Morgan fingerprint density at radius 3 is 2.68 bits per heavy atom. The molecule has 1 aromatic heterocycles. The lowest BCUT2D eigenvalue weighted by molar-refractivity contribution is -0.131. The summed E-state index contributed by atoms with van der Waals surface area (Å²) in [4.78, 5) is 25.5. The van der Waals surface area contributed by atoms with Gasteiger partial charge in [0.1, 0.15) is 6.54 Å². The topological polar surface area (TPSA) is 67.2 Å². The van der Waals surface area contributed by atoms with Gasteiger partial charge in [-0.25, -0.2) is 4.68 Å². The van der Waals surface area contributed by atoms with Crippen LogP contribution in [0.2, 0.25) is 0 Å². The van der Waals surface area contributed by atoms with Crippen LogP contribution in [0.15, 0.2) is 17.1 Å².